The third kappa shape index (κ3) is 2.31. The largest absolute Gasteiger partial charge is 0.461 e. The van der Waals surface area contributed by atoms with Gasteiger partial charge in [0, 0.05) is 23.5 Å². The number of carbonyl (C=O) groups is 1. The lowest BCUT2D eigenvalue weighted by Gasteiger charge is -2.34. The molecule has 1 aromatic heterocycles. The van der Waals surface area contributed by atoms with Crippen LogP contribution in [0, 0.1) is 0 Å². The molecule has 0 bridgehead atoms. The van der Waals surface area contributed by atoms with Crippen LogP contribution in [-0.2, 0) is 9.53 Å². The Morgan fingerprint density at radius 1 is 1.23 bits per heavy atom. The highest BCUT2D eigenvalue weighted by Gasteiger charge is 2.38. The highest BCUT2D eigenvalue weighted by molar-refractivity contribution is 5.83. The van der Waals surface area contributed by atoms with Crippen molar-refractivity contribution in [3.05, 3.63) is 36.0 Å². The van der Waals surface area contributed by atoms with Gasteiger partial charge in [-0.3, -0.25) is 9.69 Å². The first-order valence-corrected chi connectivity index (χ1v) is 8.23. The van der Waals surface area contributed by atoms with Crippen LogP contribution in [0.3, 0.4) is 0 Å². The van der Waals surface area contributed by atoms with Gasteiger partial charge in [0.2, 0.25) is 0 Å². The average Bonchev–Trinajstić information content (AvgIpc) is 3.10. The van der Waals surface area contributed by atoms with Gasteiger partial charge >= 0.3 is 5.97 Å². The number of benzene rings is 1. The molecule has 1 N–H and O–H groups in total. The fraction of sp³-hybridized carbons (Fsp3) is 0.500. The van der Waals surface area contributed by atoms with Gasteiger partial charge in [-0.25, -0.2) is 0 Å². The zero-order chi connectivity index (χ0) is 15.1. The third-order valence-corrected chi connectivity index (χ3v) is 5.18. The van der Waals surface area contributed by atoms with Crippen LogP contribution >= 0.6 is 0 Å². The van der Waals surface area contributed by atoms with Gasteiger partial charge in [0.05, 0.1) is 0 Å². The van der Waals surface area contributed by atoms with E-state index in [0.29, 0.717) is 5.92 Å². The Balaban J connectivity index is 1.47. The molecule has 0 unspecified atom stereocenters. The van der Waals surface area contributed by atoms with Crippen molar-refractivity contribution in [3.8, 4) is 0 Å². The summed E-state index contributed by atoms with van der Waals surface area (Å²) in [5.41, 5.74) is 2.64. The number of H-pyrrole nitrogens is 1. The molecule has 0 amide bonds. The maximum absolute atomic E-state index is 11.9. The molecular weight excluding hydrogens is 276 g/mol. The second kappa shape index (κ2) is 5.43. The van der Waals surface area contributed by atoms with Gasteiger partial charge in [-0.1, -0.05) is 18.2 Å². The highest BCUT2D eigenvalue weighted by Crippen LogP contribution is 2.34. The Bertz CT molecular complexity index is 685. The molecule has 4 rings (SSSR count). The quantitative estimate of drug-likeness (QED) is 0.867. The summed E-state index contributed by atoms with van der Waals surface area (Å²) in [6.45, 7) is 3.95. The minimum absolute atomic E-state index is 0.0149. The molecule has 2 aliphatic rings. The number of rotatable bonds is 2. The van der Waals surface area contributed by atoms with Crippen LogP contribution in [0.25, 0.3) is 10.9 Å². The fourth-order valence-electron chi connectivity index (χ4n) is 3.99. The summed E-state index contributed by atoms with van der Waals surface area (Å²) < 4.78 is 5.30. The van der Waals surface area contributed by atoms with Crippen molar-refractivity contribution in [2.75, 3.05) is 13.1 Å². The summed E-state index contributed by atoms with van der Waals surface area (Å²) in [4.78, 5) is 17.6. The van der Waals surface area contributed by atoms with E-state index in [9.17, 15) is 4.79 Å². The second-order valence-corrected chi connectivity index (χ2v) is 6.60. The van der Waals surface area contributed by atoms with Gasteiger partial charge in [-0.15, -0.1) is 0 Å². The van der Waals surface area contributed by atoms with Crippen molar-refractivity contribution in [2.45, 2.75) is 44.2 Å². The molecule has 2 aliphatic heterocycles. The summed E-state index contributed by atoms with van der Waals surface area (Å²) in [5, 5.41) is 1.34. The lowest BCUT2D eigenvalue weighted by molar-refractivity contribution is -0.145. The number of ether oxygens (including phenoxy) is 1. The van der Waals surface area contributed by atoms with E-state index in [4.69, 9.17) is 4.74 Å². The number of para-hydroxylation sites is 1. The number of fused-ring (bicyclic) bond motifs is 1. The topological polar surface area (TPSA) is 45.3 Å². The molecule has 0 radical (unpaired) electrons. The Morgan fingerprint density at radius 3 is 2.73 bits per heavy atom. The molecule has 2 fully saturated rings. The van der Waals surface area contributed by atoms with Crippen molar-refractivity contribution < 1.29 is 9.53 Å². The van der Waals surface area contributed by atoms with Crippen LogP contribution in [0.5, 0.6) is 0 Å². The van der Waals surface area contributed by atoms with E-state index in [1.807, 2.05) is 6.92 Å². The predicted molar refractivity (Wildman–Crippen MR) is 85.8 cm³/mol. The molecule has 0 aliphatic carbocycles. The molecular formula is C18H22N2O2. The fourth-order valence-corrected chi connectivity index (χ4v) is 3.99. The number of likely N-dealkylation sites (tertiary alicyclic amines) is 1. The average molecular weight is 298 g/mol. The van der Waals surface area contributed by atoms with Gasteiger partial charge in [-0.05, 0) is 50.4 Å². The SMILES string of the molecule is C[C@H]1C[C@H](N2CCC(c3c[nH]c4ccccc34)CC2)C(=O)O1. The smallest absolute Gasteiger partial charge is 0.323 e. The summed E-state index contributed by atoms with van der Waals surface area (Å²) in [6.07, 6.45) is 5.30. The molecule has 4 nitrogen and oxygen atoms in total. The second-order valence-electron chi connectivity index (χ2n) is 6.60. The molecule has 0 saturated carbocycles. The zero-order valence-electron chi connectivity index (χ0n) is 12.9. The van der Waals surface area contributed by atoms with Gasteiger partial charge in [0.1, 0.15) is 12.1 Å². The third-order valence-electron chi connectivity index (χ3n) is 5.18. The number of nitrogens with one attached hydrogen (secondary N) is 1. The van der Waals surface area contributed by atoms with E-state index >= 15 is 0 Å². The highest BCUT2D eigenvalue weighted by atomic mass is 16.6. The number of aromatic nitrogens is 1. The van der Waals surface area contributed by atoms with E-state index in [1.165, 1.54) is 16.5 Å². The van der Waals surface area contributed by atoms with Crippen molar-refractivity contribution in [1.82, 2.24) is 9.88 Å². The maximum Gasteiger partial charge on any atom is 0.323 e. The molecule has 2 aromatic rings. The van der Waals surface area contributed by atoms with Crippen molar-refractivity contribution >= 4 is 16.9 Å². The number of hydrogen-bond donors (Lipinski definition) is 1. The Kier molecular flexibility index (Phi) is 3.41. The molecule has 2 saturated heterocycles. The molecule has 116 valence electrons. The first kappa shape index (κ1) is 13.8. The van der Waals surface area contributed by atoms with Crippen molar-refractivity contribution in [3.63, 3.8) is 0 Å². The predicted octanol–water partition coefficient (Wildman–Crippen LogP) is 3.05. The van der Waals surface area contributed by atoms with E-state index in [0.717, 1.165) is 32.4 Å². The van der Waals surface area contributed by atoms with E-state index in [-0.39, 0.29) is 18.1 Å². The van der Waals surface area contributed by atoms with Crippen LogP contribution < -0.4 is 0 Å². The maximum atomic E-state index is 11.9. The first-order valence-electron chi connectivity index (χ1n) is 8.23. The summed E-state index contributed by atoms with van der Waals surface area (Å²) in [6, 6.07) is 8.48. The van der Waals surface area contributed by atoms with E-state index in [2.05, 4.69) is 40.3 Å². The minimum Gasteiger partial charge on any atom is -0.461 e. The van der Waals surface area contributed by atoms with Crippen molar-refractivity contribution in [1.29, 1.82) is 0 Å². The Labute approximate surface area is 130 Å². The van der Waals surface area contributed by atoms with E-state index in [1.54, 1.807) is 0 Å². The molecule has 4 heteroatoms. The molecule has 1 aromatic carbocycles. The summed E-state index contributed by atoms with van der Waals surface area (Å²) in [5.74, 6) is 0.556. The minimum atomic E-state index is -0.0296. The first-order chi connectivity index (χ1) is 10.7. The Hall–Kier alpha value is -1.81. The lowest BCUT2D eigenvalue weighted by atomic mass is 9.88. The molecule has 3 heterocycles. The van der Waals surface area contributed by atoms with Crippen molar-refractivity contribution in [2.24, 2.45) is 0 Å². The normalized spacial score (nSPS) is 27.4. The summed E-state index contributed by atoms with van der Waals surface area (Å²) >= 11 is 0. The molecule has 22 heavy (non-hydrogen) atoms. The monoisotopic (exact) mass is 298 g/mol. The van der Waals surface area contributed by atoms with Crippen LogP contribution in [0.4, 0.5) is 0 Å². The Morgan fingerprint density at radius 2 is 2.00 bits per heavy atom. The number of carbonyl (C=O) groups excluding carboxylic acids is 1. The lowest BCUT2D eigenvalue weighted by Crippen LogP contribution is -2.43. The number of piperidine rings is 1. The standard InChI is InChI=1S/C18H22N2O2/c1-12-10-17(18(21)22-12)20-8-6-13(7-9-20)15-11-19-16-5-3-2-4-14(15)16/h2-5,11-13,17,19H,6-10H2,1H3/t12-,17-/m0/s1. The van der Waals surface area contributed by atoms with Gasteiger partial charge < -0.3 is 9.72 Å². The van der Waals surface area contributed by atoms with Gasteiger partial charge in [0.25, 0.3) is 0 Å². The number of cyclic esters (lactones) is 1. The van der Waals surface area contributed by atoms with Crippen LogP contribution in [0.15, 0.2) is 30.5 Å². The molecule has 2 atom stereocenters. The molecule has 0 spiro atoms. The van der Waals surface area contributed by atoms with Crippen LogP contribution in [0.1, 0.15) is 37.7 Å². The number of aromatic amines is 1. The van der Waals surface area contributed by atoms with E-state index < -0.39 is 0 Å². The van der Waals surface area contributed by atoms with Crippen LogP contribution in [-0.4, -0.2) is 41.1 Å². The van der Waals surface area contributed by atoms with Gasteiger partial charge in [0.15, 0.2) is 0 Å². The van der Waals surface area contributed by atoms with Gasteiger partial charge in [-0.2, -0.15) is 0 Å². The zero-order valence-corrected chi connectivity index (χ0v) is 12.9. The van der Waals surface area contributed by atoms with Crippen LogP contribution in [0.2, 0.25) is 0 Å². The number of esters is 1. The summed E-state index contributed by atoms with van der Waals surface area (Å²) in [7, 11) is 0. The number of nitrogens with zero attached hydrogens (tertiary/aromatic N) is 1. The number of hydrogen-bond acceptors (Lipinski definition) is 3.